The van der Waals surface area contributed by atoms with Crippen LogP contribution >= 0.6 is 0 Å². The lowest BCUT2D eigenvalue weighted by Gasteiger charge is -2.25. The third kappa shape index (κ3) is 3.62. The standard InChI is InChI=1S/C30H33N5O2/c1-19-14-21(22-5-7-25-23(15-22)16-31-33(25)3)4-6-24(19)26-32-30(11-12-30)28(37)35(26)18-20-8-13-34(17-20)27(36)29(2)9-10-29/h4-7,14-16,20H,8-13,17-18H2,1-3H3/t20-/m1/s1. The molecule has 2 amide bonds. The average Bonchev–Trinajstić information content (AvgIpc) is 3.72. The van der Waals surface area contributed by atoms with Crippen molar-refractivity contribution in [2.75, 3.05) is 19.6 Å². The predicted molar refractivity (Wildman–Crippen MR) is 143 cm³/mol. The number of aliphatic imine (C=N–C) groups is 1. The summed E-state index contributed by atoms with van der Waals surface area (Å²) in [5.74, 6) is 1.55. The molecule has 1 spiro atoms. The minimum absolute atomic E-state index is 0.135. The first-order valence-corrected chi connectivity index (χ1v) is 13.5. The molecule has 190 valence electrons. The predicted octanol–water partition coefficient (Wildman–Crippen LogP) is 4.32. The molecule has 7 heteroatoms. The van der Waals surface area contributed by atoms with Crippen molar-refractivity contribution in [3.63, 3.8) is 0 Å². The van der Waals surface area contributed by atoms with Crippen LogP contribution in [0.15, 0.2) is 47.6 Å². The zero-order valence-electron chi connectivity index (χ0n) is 21.8. The second-order valence-electron chi connectivity index (χ2n) is 11.9. The van der Waals surface area contributed by atoms with Crippen molar-refractivity contribution in [3.05, 3.63) is 53.7 Å². The molecule has 1 saturated heterocycles. The molecular formula is C30H33N5O2. The lowest BCUT2D eigenvalue weighted by Crippen LogP contribution is -2.41. The van der Waals surface area contributed by atoms with Crippen LogP contribution in [0.4, 0.5) is 0 Å². The van der Waals surface area contributed by atoms with Gasteiger partial charge in [-0.05, 0) is 73.8 Å². The van der Waals surface area contributed by atoms with Crippen molar-refractivity contribution in [1.82, 2.24) is 19.6 Å². The SMILES string of the molecule is Cc1cc(-c2ccc3c(cnn3C)c2)ccc1C1=NC2(CC2)C(=O)N1C[C@@H]1CCN(C(=O)C2(C)CC2)C1. The molecule has 3 fully saturated rings. The van der Waals surface area contributed by atoms with E-state index in [1.807, 2.05) is 27.7 Å². The average molecular weight is 496 g/mol. The minimum atomic E-state index is -0.540. The lowest BCUT2D eigenvalue weighted by atomic mass is 9.98. The van der Waals surface area contributed by atoms with Gasteiger partial charge < -0.3 is 4.90 Å². The second-order valence-corrected chi connectivity index (χ2v) is 11.9. The van der Waals surface area contributed by atoms with E-state index in [0.29, 0.717) is 18.4 Å². The number of amidine groups is 1. The fourth-order valence-electron chi connectivity index (χ4n) is 6.12. The number of fused-ring (bicyclic) bond motifs is 1. The maximum atomic E-state index is 13.5. The molecule has 1 atom stereocenters. The van der Waals surface area contributed by atoms with Crippen LogP contribution in [0.1, 0.15) is 50.2 Å². The normalized spacial score (nSPS) is 23.3. The number of hydrogen-bond acceptors (Lipinski definition) is 4. The van der Waals surface area contributed by atoms with Gasteiger partial charge in [-0.1, -0.05) is 31.2 Å². The topological polar surface area (TPSA) is 70.8 Å². The first-order chi connectivity index (χ1) is 17.8. The van der Waals surface area contributed by atoms with Crippen LogP contribution in [-0.2, 0) is 16.6 Å². The van der Waals surface area contributed by atoms with Gasteiger partial charge in [-0.25, -0.2) is 0 Å². The summed E-state index contributed by atoms with van der Waals surface area (Å²) in [6, 6.07) is 12.9. The third-order valence-corrected chi connectivity index (χ3v) is 9.02. The first kappa shape index (κ1) is 22.7. The number of nitrogens with zero attached hydrogens (tertiary/aromatic N) is 5. The van der Waals surface area contributed by atoms with Crippen LogP contribution < -0.4 is 0 Å². The molecule has 0 N–H and O–H groups in total. The summed E-state index contributed by atoms with van der Waals surface area (Å²) in [5, 5.41) is 5.48. The zero-order valence-corrected chi connectivity index (χ0v) is 21.8. The van der Waals surface area contributed by atoms with Crippen LogP contribution in [0.3, 0.4) is 0 Å². The van der Waals surface area contributed by atoms with Gasteiger partial charge in [0.1, 0.15) is 11.4 Å². The minimum Gasteiger partial charge on any atom is -0.342 e. The molecule has 3 aromatic rings. The van der Waals surface area contributed by atoms with Crippen LogP contribution in [0.2, 0.25) is 0 Å². The molecule has 37 heavy (non-hydrogen) atoms. The molecule has 0 bridgehead atoms. The van der Waals surface area contributed by atoms with Gasteiger partial charge in [-0.3, -0.25) is 24.2 Å². The molecule has 2 aliphatic heterocycles. The van der Waals surface area contributed by atoms with E-state index in [0.717, 1.165) is 84.2 Å². The Labute approximate surface area is 217 Å². The summed E-state index contributed by atoms with van der Waals surface area (Å²) in [7, 11) is 1.96. The van der Waals surface area contributed by atoms with E-state index in [-0.39, 0.29) is 11.3 Å². The van der Waals surface area contributed by atoms with Crippen molar-refractivity contribution >= 4 is 28.6 Å². The Balaban J connectivity index is 1.14. The molecule has 0 radical (unpaired) electrons. The highest BCUT2D eigenvalue weighted by atomic mass is 16.2. The smallest absolute Gasteiger partial charge is 0.256 e. The number of rotatable bonds is 5. The Hall–Kier alpha value is -3.48. The Morgan fingerprint density at radius 3 is 2.57 bits per heavy atom. The highest BCUT2D eigenvalue weighted by Gasteiger charge is 2.58. The van der Waals surface area contributed by atoms with Gasteiger partial charge in [0.15, 0.2) is 0 Å². The van der Waals surface area contributed by atoms with Crippen molar-refractivity contribution in [1.29, 1.82) is 0 Å². The second kappa shape index (κ2) is 7.76. The van der Waals surface area contributed by atoms with Gasteiger partial charge in [-0.15, -0.1) is 0 Å². The monoisotopic (exact) mass is 495 g/mol. The van der Waals surface area contributed by atoms with Gasteiger partial charge in [0.05, 0.1) is 11.7 Å². The van der Waals surface area contributed by atoms with Crippen molar-refractivity contribution in [3.8, 4) is 11.1 Å². The van der Waals surface area contributed by atoms with Crippen LogP contribution in [0.5, 0.6) is 0 Å². The highest BCUT2D eigenvalue weighted by molar-refractivity contribution is 6.17. The van der Waals surface area contributed by atoms with E-state index >= 15 is 0 Å². The Kier molecular flexibility index (Phi) is 4.76. The van der Waals surface area contributed by atoms with Crippen LogP contribution in [0, 0.1) is 18.3 Å². The molecule has 1 aromatic heterocycles. The number of carbonyl (C=O) groups is 2. The number of likely N-dealkylation sites (tertiary alicyclic amines) is 1. The summed E-state index contributed by atoms with van der Waals surface area (Å²) < 4.78 is 1.89. The fourth-order valence-corrected chi connectivity index (χ4v) is 6.12. The van der Waals surface area contributed by atoms with E-state index in [1.165, 1.54) is 0 Å². The van der Waals surface area contributed by atoms with E-state index in [4.69, 9.17) is 4.99 Å². The number of amides is 2. The number of benzene rings is 2. The number of carbonyl (C=O) groups excluding carboxylic acids is 2. The first-order valence-electron chi connectivity index (χ1n) is 13.5. The summed E-state index contributed by atoms with van der Waals surface area (Å²) >= 11 is 0. The molecular weight excluding hydrogens is 462 g/mol. The van der Waals surface area contributed by atoms with E-state index < -0.39 is 5.54 Å². The zero-order chi connectivity index (χ0) is 25.5. The Bertz CT molecular complexity index is 1490. The molecule has 7 rings (SSSR count). The highest BCUT2D eigenvalue weighted by Crippen LogP contribution is 2.48. The lowest BCUT2D eigenvalue weighted by molar-refractivity contribution is -0.135. The van der Waals surface area contributed by atoms with Gasteiger partial charge in [0.25, 0.3) is 5.91 Å². The van der Waals surface area contributed by atoms with E-state index in [1.54, 1.807) is 0 Å². The third-order valence-electron chi connectivity index (χ3n) is 9.02. The summed E-state index contributed by atoms with van der Waals surface area (Å²) in [6.07, 6.45) is 6.52. The van der Waals surface area contributed by atoms with Gasteiger partial charge in [0.2, 0.25) is 5.91 Å². The number of hydrogen-bond donors (Lipinski definition) is 0. The number of aryl methyl sites for hydroxylation is 2. The maximum Gasteiger partial charge on any atom is 0.256 e. The summed E-state index contributed by atoms with van der Waals surface area (Å²) in [4.78, 5) is 35.3. The molecule has 2 aromatic carbocycles. The van der Waals surface area contributed by atoms with Gasteiger partial charge in [-0.2, -0.15) is 5.10 Å². The quantitative estimate of drug-likeness (QED) is 0.529. The molecule has 2 saturated carbocycles. The fraction of sp³-hybridized carbons (Fsp3) is 0.467. The van der Waals surface area contributed by atoms with Crippen LogP contribution in [0.25, 0.3) is 22.0 Å². The summed E-state index contributed by atoms with van der Waals surface area (Å²) in [6.45, 7) is 6.37. The number of aromatic nitrogens is 2. The van der Waals surface area contributed by atoms with Crippen molar-refractivity contribution in [2.45, 2.75) is 51.5 Å². The Morgan fingerprint density at radius 2 is 1.84 bits per heavy atom. The molecule has 2 aliphatic carbocycles. The van der Waals surface area contributed by atoms with Crippen LogP contribution in [-0.4, -0.2) is 62.4 Å². The Morgan fingerprint density at radius 1 is 1.08 bits per heavy atom. The van der Waals surface area contributed by atoms with E-state index in [2.05, 4.69) is 55.3 Å². The summed E-state index contributed by atoms with van der Waals surface area (Å²) in [5.41, 5.74) is 4.87. The van der Waals surface area contributed by atoms with Gasteiger partial charge in [0, 0.05) is 43.0 Å². The van der Waals surface area contributed by atoms with Crippen molar-refractivity contribution < 1.29 is 9.59 Å². The molecule has 3 heterocycles. The maximum absolute atomic E-state index is 13.5. The largest absolute Gasteiger partial charge is 0.342 e. The van der Waals surface area contributed by atoms with Gasteiger partial charge >= 0.3 is 0 Å². The molecule has 7 nitrogen and oxygen atoms in total. The van der Waals surface area contributed by atoms with Crippen molar-refractivity contribution in [2.24, 2.45) is 23.4 Å². The molecule has 4 aliphatic rings. The molecule has 0 unspecified atom stereocenters. The van der Waals surface area contributed by atoms with E-state index in [9.17, 15) is 9.59 Å².